The van der Waals surface area contributed by atoms with Crippen LogP contribution in [-0.4, -0.2) is 15.6 Å². The molecule has 0 aliphatic rings. The number of hydrogen-bond acceptors (Lipinski definition) is 1. The van der Waals surface area contributed by atoms with Crippen molar-refractivity contribution in [2.45, 2.75) is 13.0 Å². The van der Waals surface area contributed by atoms with Crippen LogP contribution in [0.2, 0.25) is 5.02 Å². The number of aromatic nitrogens is 1. The van der Waals surface area contributed by atoms with Crippen LogP contribution in [0.5, 0.6) is 0 Å². The van der Waals surface area contributed by atoms with E-state index in [9.17, 15) is 9.90 Å². The van der Waals surface area contributed by atoms with Crippen LogP contribution in [0.25, 0.3) is 10.9 Å². The third-order valence-electron chi connectivity index (χ3n) is 4.73. The Labute approximate surface area is 162 Å². The summed E-state index contributed by atoms with van der Waals surface area (Å²) in [5.74, 6) is -0.956. The number of carboxylic acids is 1. The number of benzene rings is 3. The summed E-state index contributed by atoms with van der Waals surface area (Å²) in [6.07, 6.45) is 2.64. The number of carboxylic acid groups (broad SMARTS) is 1. The summed E-state index contributed by atoms with van der Waals surface area (Å²) >= 11 is 5.95. The van der Waals surface area contributed by atoms with Gasteiger partial charge in [0.05, 0.1) is 5.56 Å². The molecule has 0 saturated carbocycles. The Balaban J connectivity index is 1.63. The zero-order valence-corrected chi connectivity index (χ0v) is 15.4. The molecule has 3 nitrogen and oxygen atoms in total. The molecule has 1 aromatic heterocycles. The van der Waals surface area contributed by atoms with Gasteiger partial charge in [0.1, 0.15) is 0 Å². The van der Waals surface area contributed by atoms with Crippen molar-refractivity contribution in [3.05, 3.63) is 106 Å². The van der Waals surface area contributed by atoms with Crippen molar-refractivity contribution in [3.63, 3.8) is 0 Å². The first-order chi connectivity index (χ1) is 13.1. The Morgan fingerprint density at radius 3 is 2.52 bits per heavy atom. The van der Waals surface area contributed by atoms with Crippen molar-refractivity contribution < 1.29 is 9.90 Å². The van der Waals surface area contributed by atoms with Crippen LogP contribution in [0, 0.1) is 0 Å². The van der Waals surface area contributed by atoms with E-state index in [2.05, 4.69) is 47.2 Å². The maximum Gasteiger partial charge on any atom is 0.336 e. The summed E-state index contributed by atoms with van der Waals surface area (Å²) in [6.45, 7) is 0.823. The Bertz CT molecular complexity index is 1120. The fourth-order valence-electron chi connectivity index (χ4n) is 3.40. The maximum atomic E-state index is 11.5. The summed E-state index contributed by atoms with van der Waals surface area (Å²) < 4.78 is 2.22. The molecule has 0 atom stereocenters. The number of aromatic carboxylic acids is 1. The monoisotopic (exact) mass is 375 g/mol. The summed E-state index contributed by atoms with van der Waals surface area (Å²) in [7, 11) is 0. The number of hydrogen-bond donors (Lipinski definition) is 1. The van der Waals surface area contributed by atoms with Gasteiger partial charge in [-0.15, -0.1) is 0 Å². The van der Waals surface area contributed by atoms with Gasteiger partial charge in [-0.25, -0.2) is 4.79 Å². The molecule has 3 aromatic carbocycles. The number of fused-ring (bicyclic) bond motifs is 1. The molecule has 0 aliphatic heterocycles. The normalized spacial score (nSPS) is 11.0. The van der Waals surface area contributed by atoms with E-state index in [0.717, 1.165) is 28.6 Å². The highest BCUT2D eigenvalue weighted by atomic mass is 35.5. The summed E-state index contributed by atoms with van der Waals surface area (Å²) in [4.78, 5) is 11.5. The molecule has 4 aromatic rings. The molecule has 4 heteroatoms. The molecule has 27 heavy (non-hydrogen) atoms. The molecule has 0 saturated heterocycles. The highest BCUT2D eigenvalue weighted by molar-refractivity contribution is 6.31. The average molecular weight is 376 g/mol. The van der Waals surface area contributed by atoms with Gasteiger partial charge in [0.25, 0.3) is 0 Å². The molecule has 0 radical (unpaired) electrons. The van der Waals surface area contributed by atoms with Crippen LogP contribution in [0.1, 0.15) is 27.0 Å². The topological polar surface area (TPSA) is 42.2 Å². The van der Waals surface area contributed by atoms with Crippen LogP contribution < -0.4 is 0 Å². The Kier molecular flexibility index (Phi) is 4.69. The maximum absolute atomic E-state index is 11.5. The zero-order valence-electron chi connectivity index (χ0n) is 14.6. The Morgan fingerprint density at radius 2 is 1.74 bits per heavy atom. The van der Waals surface area contributed by atoms with Crippen LogP contribution in [0.15, 0.2) is 79.0 Å². The molecule has 0 amide bonds. The summed E-state index contributed by atoms with van der Waals surface area (Å²) in [5.41, 5.74) is 4.51. The lowest BCUT2D eigenvalue weighted by Gasteiger charge is -2.09. The van der Waals surface area contributed by atoms with E-state index in [1.165, 1.54) is 11.6 Å². The van der Waals surface area contributed by atoms with Crippen LogP contribution in [-0.2, 0) is 13.0 Å². The van der Waals surface area contributed by atoms with Gasteiger partial charge in [-0.05, 0) is 58.8 Å². The van der Waals surface area contributed by atoms with Gasteiger partial charge < -0.3 is 9.67 Å². The molecule has 1 heterocycles. The number of nitrogens with zero attached hydrogens (tertiary/aromatic N) is 1. The smallest absolute Gasteiger partial charge is 0.336 e. The number of halogens is 1. The predicted octanol–water partition coefficient (Wildman–Crippen LogP) is 5.63. The van der Waals surface area contributed by atoms with Gasteiger partial charge in [-0.1, -0.05) is 54.1 Å². The van der Waals surface area contributed by atoms with E-state index in [0.29, 0.717) is 11.4 Å². The minimum absolute atomic E-state index is 0.254. The van der Waals surface area contributed by atoms with Gasteiger partial charge in [0.15, 0.2) is 0 Å². The second-order valence-corrected chi connectivity index (χ2v) is 7.04. The molecule has 0 unspecified atom stereocenters. The first-order valence-electron chi connectivity index (χ1n) is 8.73. The predicted molar refractivity (Wildman–Crippen MR) is 109 cm³/mol. The Morgan fingerprint density at radius 1 is 0.926 bits per heavy atom. The van der Waals surface area contributed by atoms with Crippen LogP contribution in [0.3, 0.4) is 0 Å². The van der Waals surface area contributed by atoms with Crippen LogP contribution >= 0.6 is 11.6 Å². The lowest BCUT2D eigenvalue weighted by Crippen LogP contribution is -2.03. The van der Waals surface area contributed by atoms with Gasteiger partial charge in [-0.3, -0.25) is 0 Å². The lowest BCUT2D eigenvalue weighted by molar-refractivity contribution is 0.0696. The Hall–Kier alpha value is -3.04. The minimum atomic E-state index is -0.956. The molecule has 0 aliphatic carbocycles. The van der Waals surface area contributed by atoms with Gasteiger partial charge in [-0.2, -0.15) is 0 Å². The van der Waals surface area contributed by atoms with E-state index < -0.39 is 5.97 Å². The quantitative estimate of drug-likeness (QED) is 0.491. The van der Waals surface area contributed by atoms with Crippen molar-refractivity contribution in [1.82, 2.24) is 4.57 Å². The first-order valence-corrected chi connectivity index (χ1v) is 9.11. The highest BCUT2D eigenvalue weighted by Gasteiger charge is 2.12. The van der Waals surface area contributed by atoms with E-state index in [1.807, 2.05) is 18.2 Å². The number of rotatable bonds is 5. The summed E-state index contributed by atoms with van der Waals surface area (Å²) in [5, 5.41) is 11.0. The van der Waals surface area contributed by atoms with Gasteiger partial charge in [0.2, 0.25) is 0 Å². The largest absolute Gasteiger partial charge is 0.478 e. The first kappa shape index (κ1) is 17.4. The van der Waals surface area contributed by atoms with Crippen molar-refractivity contribution in [2.24, 2.45) is 0 Å². The van der Waals surface area contributed by atoms with E-state index in [4.69, 9.17) is 11.6 Å². The van der Waals surface area contributed by atoms with Gasteiger partial charge >= 0.3 is 5.97 Å². The average Bonchev–Trinajstić information content (AvgIpc) is 3.06. The van der Waals surface area contributed by atoms with E-state index in [1.54, 1.807) is 12.1 Å². The molecule has 4 rings (SSSR count). The van der Waals surface area contributed by atoms with Gasteiger partial charge in [0, 0.05) is 23.3 Å². The summed E-state index contributed by atoms with van der Waals surface area (Å²) in [6, 6.07) is 23.8. The zero-order chi connectivity index (χ0) is 18.8. The molecule has 0 bridgehead atoms. The lowest BCUT2D eigenvalue weighted by atomic mass is 9.99. The fraction of sp³-hybridized carbons (Fsp3) is 0.0870. The standard InChI is InChI=1S/C23H18ClNO2/c24-20-8-7-18(21(14-20)23(26)27)12-17-6-9-22-19(13-17)10-11-25(22)15-16-4-2-1-3-5-16/h1-11,13-14H,12,15H2,(H,26,27). The third kappa shape index (κ3) is 3.74. The molecular weight excluding hydrogens is 358 g/mol. The number of carbonyl (C=O) groups is 1. The second-order valence-electron chi connectivity index (χ2n) is 6.61. The van der Waals surface area contributed by atoms with Crippen molar-refractivity contribution in [1.29, 1.82) is 0 Å². The molecule has 134 valence electrons. The second kappa shape index (κ2) is 7.29. The van der Waals surface area contributed by atoms with E-state index >= 15 is 0 Å². The fourth-order valence-corrected chi connectivity index (χ4v) is 3.57. The molecule has 0 spiro atoms. The SMILES string of the molecule is O=C(O)c1cc(Cl)ccc1Cc1ccc2c(ccn2Cc2ccccc2)c1. The van der Waals surface area contributed by atoms with E-state index in [-0.39, 0.29) is 5.56 Å². The molecule has 0 fully saturated rings. The minimum Gasteiger partial charge on any atom is -0.478 e. The molecular formula is C23H18ClNO2. The van der Waals surface area contributed by atoms with Crippen molar-refractivity contribution in [2.75, 3.05) is 0 Å². The molecule has 1 N–H and O–H groups in total. The highest BCUT2D eigenvalue weighted by Crippen LogP contribution is 2.23. The van der Waals surface area contributed by atoms with Crippen molar-refractivity contribution >= 4 is 28.5 Å². The van der Waals surface area contributed by atoms with Crippen LogP contribution in [0.4, 0.5) is 0 Å². The van der Waals surface area contributed by atoms with Crippen molar-refractivity contribution in [3.8, 4) is 0 Å². The third-order valence-corrected chi connectivity index (χ3v) is 4.96.